The third-order valence-corrected chi connectivity index (χ3v) is 5.21. The lowest BCUT2D eigenvalue weighted by atomic mass is 10.1. The molecule has 2 N–H and O–H groups in total. The molecule has 0 aliphatic carbocycles. The normalized spacial score (nSPS) is 15.9. The maximum absolute atomic E-state index is 12.8. The highest BCUT2D eigenvalue weighted by atomic mass is 35.5. The van der Waals surface area contributed by atoms with Crippen LogP contribution in [-0.4, -0.2) is 31.8 Å². The van der Waals surface area contributed by atoms with E-state index in [1.54, 1.807) is 19.1 Å². The lowest BCUT2D eigenvalue weighted by Gasteiger charge is -2.20. The zero-order chi connectivity index (χ0) is 21.1. The molecule has 2 aromatic rings. The molecule has 156 valence electrons. The minimum atomic E-state index is -0.522. The fourth-order valence-electron chi connectivity index (χ4n) is 3.30. The first-order valence-electron chi connectivity index (χ1n) is 9.70. The third kappa shape index (κ3) is 4.70. The first-order chi connectivity index (χ1) is 13.8. The van der Waals surface area contributed by atoms with Crippen molar-refractivity contribution in [1.29, 1.82) is 0 Å². The van der Waals surface area contributed by atoms with Crippen LogP contribution in [0.1, 0.15) is 31.9 Å². The summed E-state index contributed by atoms with van der Waals surface area (Å²) in [4.78, 5) is 12.8. The maximum atomic E-state index is 12.8. The standard InChI is InChI=1S/C22H27ClN2O4/c1-6-28-21-9-15-8-13(3)29-19(15)11-18(21)24-14(4)22(26)25-17-7-12(2)16(23)10-20(17)27-5/h7,9-11,13-14,24H,6,8H2,1-5H3,(H,25,26)/t13-,14-/m0/s1. The largest absolute Gasteiger partial charge is 0.495 e. The number of aryl methyl sites for hydroxylation is 1. The van der Waals surface area contributed by atoms with Crippen molar-refractivity contribution in [2.24, 2.45) is 0 Å². The lowest BCUT2D eigenvalue weighted by molar-refractivity contribution is -0.116. The van der Waals surface area contributed by atoms with E-state index in [9.17, 15) is 4.79 Å². The molecule has 3 rings (SSSR count). The number of benzene rings is 2. The Bertz CT molecular complexity index is 916. The number of methoxy groups -OCH3 is 1. The number of rotatable bonds is 7. The van der Waals surface area contributed by atoms with Crippen LogP contribution in [0.4, 0.5) is 11.4 Å². The average Bonchev–Trinajstić information content (AvgIpc) is 3.03. The Hall–Kier alpha value is -2.60. The van der Waals surface area contributed by atoms with Crippen LogP contribution < -0.4 is 24.8 Å². The Morgan fingerprint density at radius 2 is 2.03 bits per heavy atom. The fraction of sp³-hybridized carbons (Fsp3) is 0.409. The van der Waals surface area contributed by atoms with E-state index in [4.69, 9.17) is 25.8 Å². The second-order valence-corrected chi connectivity index (χ2v) is 7.59. The number of anilines is 2. The zero-order valence-corrected chi connectivity index (χ0v) is 18.1. The van der Waals surface area contributed by atoms with Gasteiger partial charge < -0.3 is 24.8 Å². The Kier molecular flexibility index (Phi) is 6.42. The van der Waals surface area contributed by atoms with Gasteiger partial charge in [0.1, 0.15) is 29.4 Å². The maximum Gasteiger partial charge on any atom is 0.246 e. The molecule has 6 nitrogen and oxygen atoms in total. The van der Waals surface area contributed by atoms with Crippen molar-refractivity contribution in [3.63, 3.8) is 0 Å². The van der Waals surface area contributed by atoms with Crippen molar-refractivity contribution in [3.8, 4) is 17.2 Å². The van der Waals surface area contributed by atoms with Crippen molar-refractivity contribution in [1.82, 2.24) is 0 Å². The second kappa shape index (κ2) is 8.82. The number of nitrogens with one attached hydrogen (secondary N) is 2. The zero-order valence-electron chi connectivity index (χ0n) is 17.4. The average molecular weight is 419 g/mol. The third-order valence-electron chi connectivity index (χ3n) is 4.80. The number of halogens is 1. The van der Waals surface area contributed by atoms with E-state index in [0.717, 1.165) is 29.0 Å². The molecule has 2 aromatic carbocycles. The molecule has 1 aliphatic rings. The van der Waals surface area contributed by atoms with Gasteiger partial charge in [-0.25, -0.2) is 0 Å². The van der Waals surface area contributed by atoms with E-state index < -0.39 is 6.04 Å². The van der Waals surface area contributed by atoms with E-state index >= 15 is 0 Å². The Labute approximate surface area is 176 Å². The predicted molar refractivity (Wildman–Crippen MR) is 116 cm³/mol. The van der Waals surface area contributed by atoms with E-state index in [-0.39, 0.29) is 12.0 Å². The minimum absolute atomic E-state index is 0.135. The molecular weight excluding hydrogens is 392 g/mol. The molecule has 1 heterocycles. The Balaban J connectivity index is 1.78. The highest BCUT2D eigenvalue weighted by Gasteiger charge is 2.24. The minimum Gasteiger partial charge on any atom is -0.495 e. The van der Waals surface area contributed by atoms with Crippen molar-refractivity contribution in [2.75, 3.05) is 24.4 Å². The van der Waals surface area contributed by atoms with E-state index in [1.165, 1.54) is 7.11 Å². The van der Waals surface area contributed by atoms with E-state index in [0.29, 0.717) is 28.8 Å². The summed E-state index contributed by atoms with van der Waals surface area (Å²) in [6.07, 6.45) is 0.984. The summed E-state index contributed by atoms with van der Waals surface area (Å²) in [6, 6.07) is 6.85. The predicted octanol–water partition coefficient (Wildman–Crippen LogP) is 4.82. The van der Waals surface area contributed by atoms with Gasteiger partial charge in [0.05, 0.1) is 25.1 Å². The van der Waals surface area contributed by atoms with Gasteiger partial charge in [0.2, 0.25) is 5.91 Å². The summed E-state index contributed by atoms with van der Waals surface area (Å²) in [5, 5.41) is 6.73. The summed E-state index contributed by atoms with van der Waals surface area (Å²) in [7, 11) is 1.54. The Morgan fingerprint density at radius 1 is 1.28 bits per heavy atom. The molecule has 0 spiro atoms. The van der Waals surface area contributed by atoms with Crippen LogP contribution in [0, 0.1) is 6.92 Å². The van der Waals surface area contributed by atoms with Gasteiger partial charge in [0.25, 0.3) is 0 Å². The van der Waals surface area contributed by atoms with Gasteiger partial charge >= 0.3 is 0 Å². The second-order valence-electron chi connectivity index (χ2n) is 7.18. The first kappa shape index (κ1) is 21.1. The highest BCUT2D eigenvalue weighted by Crippen LogP contribution is 2.38. The van der Waals surface area contributed by atoms with Crippen LogP contribution >= 0.6 is 11.6 Å². The molecule has 0 bridgehead atoms. The van der Waals surface area contributed by atoms with Crippen molar-refractivity contribution in [3.05, 3.63) is 40.4 Å². The molecule has 0 unspecified atom stereocenters. The van der Waals surface area contributed by atoms with E-state index in [1.807, 2.05) is 32.9 Å². The number of amides is 1. The van der Waals surface area contributed by atoms with Crippen molar-refractivity contribution < 1.29 is 19.0 Å². The van der Waals surface area contributed by atoms with Gasteiger partial charge in [-0.05, 0) is 45.4 Å². The van der Waals surface area contributed by atoms with Crippen LogP contribution in [0.2, 0.25) is 5.02 Å². The van der Waals surface area contributed by atoms with Gasteiger partial charge in [0, 0.05) is 29.1 Å². The van der Waals surface area contributed by atoms with Crippen LogP contribution in [0.5, 0.6) is 17.2 Å². The molecule has 0 saturated heterocycles. The number of carbonyl (C=O) groups excluding carboxylic acids is 1. The molecule has 2 atom stereocenters. The monoisotopic (exact) mass is 418 g/mol. The molecule has 7 heteroatoms. The smallest absolute Gasteiger partial charge is 0.246 e. The summed E-state index contributed by atoms with van der Waals surface area (Å²) >= 11 is 6.14. The number of carbonyl (C=O) groups is 1. The van der Waals surface area contributed by atoms with E-state index in [2.05, 4.69) is 10.6 Å². The number of hydrogen-bond acceptors (Lipinski definition) is 5. The van der Waals surface area contributed by atoms with Crippen LogP contribution in [0.25, 0.3) is 0 Å². The van der Waals surface area contributed by atoms with Crippen molar-refractivity contribution >= 4 is 28.9 Å². The number of hydrogen-bond donors (Lipinski definition) is 2. The fourth-order valence-corrected chi connectivity index (χ4v) is 3.45. The van der Waals surface area contributed by atoms with Crippen LogP contribution in [-0.2, 0) is 11.2 Å². The number of fused-ring (bicyclic) bond motifs is 1. The highest BCUT2D eigenvalue weighted by molar-refractivity contribution is 6.31. The summed E-state index contributed by atoms with van der Waals surface area (Å²) in [5.74, 6) is 1.84. The van der Waals surface area contributed by atoms with Crippen molar-refractivity contribution in [2.45, 2.75) is 46.3 Å². The van der Waals surface area contributed by atoms with Crippen LogP contribution in [0.3, 0.4) is 0 Å². The summed E-state index contributed by atoms with van der Waals surface area (Å²) < 4.78 is 17.0. The number of ether oxygens (including phenoxy) is 3. The molecular formula is C22H27ClN2O4. The summed E-state index contributed by atoms with van der Waals surface area (Å²) in [5.41, 5.74) is 3.27. The first-order valence-corrected chi connectivity index (χ1v) is 10.1. The van der Waals surface area contributed by atoms with Crippen LogP contribution in [0.15, 0.2) is 24.3 Å². The Morgan fingerprint density at radius 3 is 2.72 bits per heavy atom. The quantitative estimate of drug-likeness (QED) is 0.674. The van der Waals surface area contributed by atoms with Gasteiger partial charge in [-0.3, -0.25) is 4.79 Å². The lowest BCUT2D eigenvalue weighted by Crippen LogP contribution is -2.32. The molecule has 0 fully saturated rings. The van der Waals surface area contributed by atoms with Gasteiger partial charge in [-0.1, -0.05) is 11.6 Å². The molecule has 1 aliphatic heterocycles. The summed E-state index contributed by atoms with van der Waals surface area (Å²) in [6.45, 7) is 8.16. The topological polar surface area (TPSA) is 68.8 Å². The molecule has 1 amide bonds. The molecule has 0 aromatic heterocycles. The van der Waals surface area contributed by atoms with Gasteiger partial charge in [0.15, 0.2) is 0 Å². The molecule has 0 radical (unpaired) electrons. The van der Waals surface area contributed by atoms with Gasteiger partial charge in [-0.2, -0.15) is 0 Å². The molecule has 0 saturated carbocycles. The van der Waals surface area contributed by atoms with Gasteiger partial charge in [-0.15, -0.1) is 0 Å². The molecule has 29 heavy (non-hydrogen) atoms. The SMILES string of the molecule is CCOc1cc2c(cc1N[C@@H](C)C(=O)Nc1cc(C)c(Cl)cc1OC)O[C@@H](C)C2.